The van der Waals surface area contributed by atoms with Crippen LogP contribution >= 0.6 is 0 Å². The zero-order valence-corrected chi connectivity index (χ0v) is 12.8. The fourth-order valence-electron chi connectivity index (χ4n) is 2.36. The van der Waals surface area contributed by atoms with E-state index >= 15 is 0 Å². The van der Waals surface area contributed by atoms with Gasteiger partial charge in [-0.25, -0.2) is 0 Å². The first-order valence-corrected chi connectivity index (χ1v) is 8.30. The van der Waals surface area contributed by atoms with Gasteiger partial charge in [0.1, 0.15) is 6.26 Å². The van der Waals surface area contributed by atoms with Crippen molar-refractivity contribution in [1.82, 2.24) is 0 Å². The van der Waals surface area contributed by atoms with Gasteiger partial charge in [-0.3, -0.25) is 0 Å². The lowest BCUT2D eigenvalue weighted by Gasteiger charge is -2.03. The second-order valence-corrected chi connectivity index (χ2v) is 5.43. The number of nitrogens with zero attached hydrogens (tertiary/aromatic N) is 2. The molecule has 0 bridgehead atoms. The van der Waals surface area contributed by atoms with E-state index in [0.717, 1.165) is 19.4 Å². The Hall–Kier alpha value is -0.900. The molecule has 0 aliphatic carbocycles. The summed E-state index contributed by atoms with van der Waals surface area (Å²) in [6, 6.07) is 0. The van der Waals surface area contributed by atoms with Crippen LogP contribution in [0.2, 0.25) is 0 Å². The van der Waals surface area contributed by atoms with Crippen molar-refractivity contribution in [3.63, 3.8) is 0 Å². The van der Waals surface area contributed by atoms with Crippen molar-refractivity contribution in [2.45, 2.75) is 77.0 Å². The molecule has 0 aromatic carbocycles. The number of azo groups is 1. The molecule has 0 aromatic heterocycles. The molecule has 0 atom stereocenters. The average molecular weight is 282 g/mol. The SMILES string of the molecule is C1=C\OOCCCCCCCCCCCCCCN=N/1. The summed E-state index contributed by atoms with van der Waals surface area (Å²) in [4.78, 5) is 9.91. The summed E-state index contributed by atoms with van der Waals surface area (Å²) in [5.41, 5.74) is 0. The van der Waals surface area contributed by atoms with Gasteiger partial charge in [-0.1, -0.05) is 64.2 Å². The van der Waals surface area contributed by atoms with Crippen molar-refractivity contribution in [2.24, 2.45) is 10.2 Å². The van der Waals surface area contributed by atoms with Crippen LogP contribution in [-0.4, -0.2) is 13.2 Å². The van der Waals surface area contributed by atoms with E-state index in [0.29, 0.717) is 6.61 Å². The highest BCUT2D eigenvalue weighted by Crippen LogP contribution is 2.12. The van der Waals surface area contributed by atoms with E-state index in [4.69, 9.17) is 9.78 Å². The fraction of sp³-hybridized carbons (Fsp3) is 0.875. The standard InChI is InChI=1S/C16H30N2O2/c1-2-4-6-8-10-12-15-19-20-16-14-18-17-13-11-9-7-5-3-1/h14,16H,1-13,15H2/b16-14-,18-17?. The van der Waals surface area contributed by atoms with Crippen LogP contribution in [0.15, 0.2) is 22.7 Å². The van der Waals surface area contributed by atoms with Gasteiger partial charge in [-0.2, -0.15) is 15.1 Å². The minimum atomic E-state index is 0.654. The van der Waals surface area contributed by atoms with E-state index in [1.807, 2.05) is 0 Å². The molecule has 0 fully saturated rings. The highest BCUT2D eigenvalue weighted by atomic mass is 17.2. The Morgan fingerprint density at radius 2 is 1.20 bits per heavy atom. The summed E-state index contributed by atoms with van der Waals surface area (Å²) in [6.45, 7) is 1.46. The lowest BCUT2D eigenvalue weighted by molar-refractivity contribution is -0.249. The molecule has 1 aliphatic rings. The maximum absolute atomic E-state index is 5.03. The first-order chi connectivity index (χ1) is 10.0. The number of hydrogen-bond acceptors (Lipinski definition) is 4. The molecule has 0 amide bonds. The van der Waals surface area contributed by atoms with Crippen LogP contribution in [0.25, 0.3) is 0 Å². The maximum Gasteiger partial charge on any atom is 0.149 e. The predicted molar refractivity (Wildman–Crippen MR) is 81.3 cm³/mol. The predicted octanol–water partition coefficient (Wildman–Crippen LogP) is 5.55. The summed E-state index contributed by atoms with van der Waals surface area (Å²) >= 11 is 0. The van der Waals surface area contributed by atoms with Crippen molar-refractivity contribution in [1.29, 1.82) is 0 Å². The van der Waals surface area contributed by atoms with Crippen LogP contribution in [0.5, 0.6) is 0 Å². The van der Waals surface area contributed by atoms with E-state index in [1.54, 1.807) is 6.20 Å². The van der Waals surface area contributed by atoms with Gasteiger partial charge in [0.15, 0.2) is 0 Å². The van der Waals surface area contributed by atoms with Gasteiger partial charge < -0.3 is 4.89 Å². The monoisotopic (exact) mass is 282 g/mol. The highest BCUT2D eigenvalue weighted by molar-refractivity contribution is 4.66. The largest absolute Gasteiger partial charge is 0.344 e. The summed E-state index contributed by atoms with van der Waals surface area (Å²) in [5.74, 6) is 0. The zero-order valence-electron chi connectivity index (χ0n) is 12.8. The third kappa shape index (κ3) is 12.2. The van der Waals surface area contributed by atoms with Crippen LogP contribution in [0.1, 0.15) is 77.0 Å². The Bertz CT molecular complexity index is 229. The first-order valence-electron chi connectivity index (χ1n) is 8.30. The second-order valence-electron chi connectivity index (χ2n) is 5.43. The molecule has 1 aliphatic heterocycles. The van der Waals surface area contributed by atoms with Gasteiger partial charge in [0, 0.05) is 0 Å². The molecule has 1 heterocycles. The smallest absolute Gasteiger partial charge is 0.149 e. The zero-order chi connectivity index (χ0) is 14.1. The van der Waals surface area contributed by atoms with Crippen molar-refractivity contribution in [3.8, 4) is 0 Å². The molecule has 20 heavy (non-hydrogen) atoms. The van der Waals surface area contributed by atoms with E-state index in [1.165, 1.54) is 70.5 Å². The van der Waals surface area contributed by atoms with Gasteiger partial charge in [-0.05, 0) is 12.8 Å². The lowest BCUT2D eigenvalue weighted by atomic mass is 10.1. The third-order valence-corrected chi connectivity index (χ3v) is 3.57. The molecule has 116 valence electrons. The van der Waals surface area contributed by atoms with Crippen molar-refractivity contribution in [2.75, 3.05) is 13.2 Å². The summed E-state index contributed by atoms with van der Waals surface area (Å²) in [5, 5.41) is 7.97. The lowest BCUT2D eigenvalue weighted by Crippen LogP contribution is -1.92. The Labute approximate surface area is 123 Å². The third-order valence-electron chi connectivity index (χ3n) is 3.57. The van der Waals surface area contributed by atoms with Crippen LogP contribution in [-0.2, 0) is 9.78 Å². The Kier molecular flexibility index (Phi) is 12.4. The van der Waals surface area contributed by atoms with Crippen LogP contribution in [0.3, 0.4) is 0 Å². The van der Waals surface area contributed by atoms with Gasteiger partial charge in [-0.15, -0.1) is 0 Å². The summed E-state index contributed by atoms with van der Waals surface area (Å²) in [7, 11) is 0. The molecule has 0 N–H and O–H groups in total. The first kappa shape index (κ1) is 17.2. The molecule has 4 heteroatoms. The molecule has 4 nitrogen and oxygen atoms in total. The molecule has 0 unspecified atom stereocenters. The molecule has 0 radical (unpaired) electrons. The maximum atomic E-state index is 5.03. The highest BCUT2D eigenvalue weighted by Gasteiger charge is 1.94. The molecule has 0 saturated carbocycles. The van der Waals surface area contributed by atoms with Crippen molar-refractivity contribution >= 4 is 0 Å². The molecule has 0 saturated heterocycles. The normalized spacial score (nSPS) is 23.6. The topological polar surface area (TPSA) is 43.2 Å². The minimum Gasteiger partial charge on any atom is -0.344 e. The second kappa shape index (κ2) is 14.5. The molecular weight excluding hydrogens is 252 g/mol. The molecule has 1 rings (SSSR count). The van der Waals surface area contributed by atoms with Crippen molar-refractivity contribution in [3.05, 3.63) is 12.5 Å². The minimum absolute atomic E-state index is 0.654. The van der Waals surface area contributed by atoms with Crippen LogP contribution in [0, 0.1) is 0 Å². The quantitative estimate of drug-likeness (QED) is 0.546. The van der Waals surface area contributed by atoms with Crippen LogP contribution in [0.4, 0.5) is 0 Å². The van der Waals surface area contributed by atoms with Gasteiger partial charge in [0.2, 0.25) is 0 Å². The number of hydrogen-bond donors (Lipinski definition) is 0. The number of rotatable bonds is 0. The van der Waals surface area contributed by atoms with Crippen LogP contribution < -0.4 is 0 Å². The van der Waals surface area contributed by atoms with E-state index in [2.05, 4.69) is 10.2 Å². The van der Waals surface area contributed by atoms with Crippen molar-refractivity contribution < 1.29 is 9.78 Å². The van der Waals surface area contributed by atoms with Gasteiger partial charge in [0.25, 0.3) is 0 Å². The Morgan fingerprint density at radius 3 is 1.85 bits per heavy atom. The molecule has 0 aromatic rings. The Balaban J connectivity index is 2.12. The van der Waals surface area contributed by atoms with E-state index in [-0.39, 0.29) is 0 Å². The summed E-state index contributed by atoms with van der Waals surface area (Å²) in [6.07, 6.45) is 18.7. The summed E-state index contributed by atoms with van der Waals surface area (Å²) < 4.78 is 0. The van der Waals surface area contributed by atoms with E-state index < -0.39 is 0 Å². The fourth-order valence-corrected chi connectivity index (χ4v) is 2.36. The molecular formula is C16H30N2O2. The molecule has 0 spiro atoms. The Morgan fingerprint density at radius 1 is 0.650 bits per heavy atom. The van der Waals surface area contributed by atoms with E-state index in [9.17, 15) is 0 Å². The van der Waals surface area contributed by atoms with Gasteiger partial charge >= 0.3 is 0 Å². The van der Waals surface area contributed by atoms with Gasteiger partial charge in [0.05, 0.1) is 19.4 Å². The average Bonchev–Trinajstić information content (AvgIpc) is 2.46.